The van der Waals surface area contributed by atoms with Crippen LogP contribution in [0.1, 0.15) is 6.23 Å². The zero-order valence-electron chi connectivity index (χ0n) is 9.06. The largest absolute Gasteiger partial charge is 0.756 e. The van der Waals surface area contributed by atoms with E-state index in [9.17, 15) is 19.7 Å². The van der Waals surface area contributed by atoms with Gasteiger partial charge in [-0.2, -0.15) is 0 Å². The van der Waals surface area contributed by atoms with E-state index in [1.54, 1.807) is 0 Å². The van der Waals surface area contributed by atoms with Gasteiger partial charge in [0, 0.05) is 12.4 Å². The lowest BCUT2D eigenvalue weighted by molar-refractivity contribution is -0.222. The van der Waals surface area contributed by atoms with E-state index < -0.39 is 39.0 Å². The molecule has 1 aliphatic heterocycles. The van der Waals surface area contributed by atoms with Crippen molar-refractivity contribution in [1.82, 2.24) is 9.55 Å². The predicted molar refractivity (Wildman–Crippen MR) is 53.9 cm³/mol. The number of ether oxygens (including phenoxy) is 1. The maximum Gasteiger partial charge on any atom is 0.265 e. The molecule has 102 valence electrons. The molecule has 2 heterocycles. The van der Waals surface area contributed by atoms with Gasteiger partial charge < -0.3 is 33.8 Å². The Morgan fingerprint density at radius 2 is 2.22 bits per heavy atom. The minimum atomic E-state index is -4.89. The average molecular weight is 279 g/mol. The molecule has 5 atom stereocenters. The summed E-state index contributed by atoms with van der Waals surface area (Å²) in [6.45, 7) is -0.583. The van der Waals surface area contributed by atoms with E-state index in [1.165, 1.54) is 23.3 Å². The molecule has 0 bridgehead atoms. The molecule has 0 aliphatic carbocycles. The van der Waals surface area contributed by atoms with E-state index in [0.717, 1.165) is 0 Å². The zero-order chi connectivity index (χ0) is 13.3. The van der Waals surface area contributed by atoms with Gasteiger partial charge in [0.15, 0.2) is 6.23 Å². The lowest BCUT2D eigenvalue weighted by Crippen LogP contribution is -2.33. The Hall–Kier alpha value is -0.800. The Labute approximate surface area is 102 Å². The zero-order valence-corrected chi connectivity index (χ0v) is 9.96. The van der Waals surface area contributed by atoms with Gasteiger partial charge in [-0.25, -0.2) is 4.98 Å². The Morgan fingerprint density at radius 3 is 2.78 bits per heavy atom. The molecule has 1 unspecified atom stereocenters. The molecule has 0 spiro atoms. The second kappa shape index (κ2) is 5.06. The smallest absolute Gasteiger partial charge is 0.265 e. The Kier molecular flexibility index (Phi) is 3.83. The lowest BCUT2D eigenvalue weighted by Gasteiger charge is -2.20. The molecule has 0 saturated carbocycles. The van der Waals surface area contributed by atoms with Crippen molar-refractivity contribution in [2.45, 2.75) is 24.5 Å². The first-order valence-corrected chi connectivity index (χ1v) is 6.55. The standard InChI is InChI=1S/C8H13N2O7P/c11-6-5(3-16-18(13,14)15)17-8(7(6)12)10-2-1-9-4-10/h1-2,4-8,11-12H,3H2,(H2,13,14,15)/p-1/t5-,6-,7-,8-/m1/s1. The van der Waals surface area contributed by atoms with E-state index in [1.807, 2.05) is 0 Å². The number of hydrogen-bond donors (Lipinski definition) is 3. The normalized spacial score (nSPS) is 35.6. The Morgan fingerprint density at radius 1 is 1.50 bits per heavy atom. The Balaban J connectivity index is 2.01. The van der Waals surface area contributed by atoms with Crippen LogP contribution in [0, 0.1) is 0 Å². The van der Waals surface area contributed by atoms with Gasteiger partial charge in [0.1, 0.15) is 18.3 Å². The summed E-state index contributed by atoms with van der Waals surface area (Å²) in [5.74, 6) is 0. The molecule has 1 aromatic heterocycles. The summed E-state index contributed by atoms with van der Waals surface area (Å²) in [4.78, 5) is 22.6. The van der Waals surface area contributed by atoms with Crippen LogP contribution in [0.3, 0.4) is 0 Å². The molecule has 2 rings (SSSR count). The first-order valence-electron chi connectivity index (χ1n) is 5.06. The number of nitrogens with zero attached hydrogens (tertiary/aromatic N) is 2. The van der Waals surface area contributed by atoms with Crippen LogP contribution in [-0.4, -0.2) is 49.6 Å². The highest BCUT2D eigenvalue weighted by Crippen LogP contribution is 2.34. The van der Waals surface area contributed by atoms with E-state index in [4.69, 9.17) is 9.63 Å². The number of aliphatic hydroxyl groups excluding tert-OH is 2. The summed E-state index contributed by atoms with van der Waals surface area (Å²) in [6, 6.07) is 0. The fourth-order valence-corrected chi connectivity index (χ4v) is 2.04. The highest BCUT2D eigenvalue weighted by Gasteiger charge is 2.43. The topological polar surface area (TPSA) is 137 Å². The maximum absolute atomic E-state index is 10.4. The van der Waals surface area contributed by atoms with E-state index in [0.29, 0.717) is 0 Å². The quantitative estimate of drug-likeness (QED) is 0.537. The first-order chi connectivity index (χ1) is 8.38. The van der Waals surface area contributed by atoms with Crippen molar-refractivity contribution in [3.8, 4) is 0 Å². The van der Waals surface area contributed by atoms with Gasteiger partial charge in [0.2, 0.25) is 0 Å². The van der Waals surface area contributed by atoms with Gasteiger partial charge in [-0.1, -0.05) is 0 Å². The summed E-state index contributed by atoms with van der Waals surface area (Å²) in [6.07, 6.45) is -0.168. The van der Waals surface area contributed by atoms with Crippen LogP contribution in [0.15, 0.2) is 18.7 Å². The molecule has 3 N–H and O–H groups in total. The number of aromatic nitrogens is 2. The minimum Gasteiger partial charge on any atom is -0.756 e. The fraction of sp³-hybridized carbons (Fsp3) is 0.625. The molecule has 1 aromatic rings. The average Bonchev–Trinajstić information content (AvgIpc) is 2.87. The van der Waals surface area contributed by atoms with Gasteiger partial charge in [-0.05, 0) is 0 Å². The second-order valence-corrected chi connectivity index (χ2v) is 5.02. The van der Waals surface area contributed by atoms with Crippen molar-refractivity contribution >= 4 is 7.82 Å². The highest BCUT2D eigenvalue weighted by atomic mass is 31.2. The van der Waals surface area contributed by atoms with Crippen molar-refractivity contribution in [3.63, 3.8) is 0 Å². The molecule has 0 radical (unpaired) electrons. The SMILES string of the molecule is O=P([O-])(O)OC[C@H]1O[C@@H](n2ccnc2)[C@H](O)[C@@H]1O. The monoisotopic (exact) mass is 279 g/mol. The Bertz CT molecular complexity index is 433. The van der Waals surface area contributed by atoms with Crippen LogP contribution in [0.4, 0.5) is 0 Å². The van der Waals surface area contributed by atoms with Crippen LogP contribution >= 0.6 is 7.82 Å². The second-order valence-electron chi connectivity index (χ2n) is 3.82. The molecular formula is C8H12N2O7P-. The summed E-state index contributed by atoms with van der Waals surface area (Å²) < 4.78 is 21.2. The first kappa shape index (κ1) is 13.6. The molecule has 1 fully saturated rings. The fourth-order valence-electron chi connectivity index (χ4n) is 1.70. The van der Waals surface area contributed by atoms with Crippen LogP contribution in [0.25, 0.3) is 0 Å². The van der Waals surface area contributed by atoms with E-state index >= 15 is 0 Å². The van der Waals surface area contributed by atoms with Crippen LogP contribution in [0.5, 0.6) is 0 Å². The number of phosphoric acid groups is 1. The van der Waals surface area contributed by atoms with Crippen molar-refractivity contribution in [1.29, 1.82) is 0 Å². The lowest BCUT2D eigenvalue weighted by atomic mass is 10.1. The van der Waals surface area contributed by atoms with Crippen molar-refractivity contribution < 1.29 is 33.8 Å². The van der Waals surface area contributed by atoms with Crippen molar-refractivity contribution in [2.24, 2.45) is 0 Å². The van der Waals surface area contributed by atoms with E-state index in [-0.39, 0.29) is 0 Å². The van der Waals surface area contributed by atoms with E-state index in [2.05, 4.69) is 9.51 Å². The number of rotatable bonds is 4. The van der Waals surface area contributed by atoms with Crippen molar-refractivity contribution in [2.75, 3.05) is 6.61 Å². The molecule has 18 heavy (non-hydrogen) atoms. The maximum atomic E-state index is 10.4. The van der Waals surface area contributed by atoms with Crippen molar-refractivity contribution in [3.05, 3.63) is 18.7 Å². The predicted octanol–water partition coefficient (Wildman–Crippen LogP) is -2.02. The van der Waals surface area contributed by atoms with Crippen LogP contribution in [-0.2, 0) is 13.8 Å². The number of imidazole rings is 1. The molecule has 10 heteroatoms. The van der Waals surface area contributed by atoms with Gasteiger partial charge in [-0.3, -0.25) is 4.57 Å². The number of phosphoric ester groups is 1. The van der Waals surface area contributed by atoms with Crippen LogP contribution in [0.2, 0.25) is 0 Å². The third-order valence-corrected chi connectivity index (χ3v) is 3.03. The summed E-state index contributed by atoms with van der Waals surface area (Å²) in [7, 11) is -4.89. The number of aliphatic hydroxyl groups is 2. The summed E-state index contributed by atoms with van der Waals surface area (Å²) >= 11 is 0. The summed E-state index contributed by atoms with van der Waals surface area (Å²) in [5.41, 5.74) is 0. The molecular weight excluding hydrogens is 267 g/mol. The minimum absolute atomic E-state index is 0.583. The third-order valence-electron chi connectivity index (χ3n) is 2.56. The molecule has 1 aliphatic rings. The highest BCUT2D eigenvalue weighted by molar-refractivity contribution is 7.44. The van der Waals surface area contributed by atoms with Gasteiger partial charge in [-0.15, -0.1) is 0 Å². The van der Waals surface area contributed by atoms with Gasteiger partial charge in [0.25, 0.3) is 7.82 Å². The molecule has 9 nitrogen and oxygen atoms in total. The summed E-state index contributed by atoms with van der Waals surface area (Å²) in [5, 5.41) is 19.4. The molecule has 1 saturated heterocycles. The third kappa shape index (κ3) is 2.96. The molecule has 0 amide bonds. The number of hydrogen-bond acceptors (Lipinski definition) is 7. The van der Waals surface area contributed by atoms with Gasteiger partial charge in [0.05, 0.1) is 12.9 Å². The van der Waals surface area contributed by atoms with Crippen LogP contribution < -0.4 is 4.89 Å². The van der Waals surface area contributed by atoms with Gasteiger partial charge >= 0.3 is 0 Å². The molecule has 0 aromatic carbocycles.